The average molecular weight is 158 g/mol. The summed E-state index contributed by atoms with van der Waals surface area (Å²) in [5, 5.41) is 11.0. The molecular formula is C8H14OS. The maximum atomic E-state index is 9.40. The highest BCUT2D eigenvalue weighted by atomic mass is 32.2. The Morgan fingerprint density at radius 1 is 1.10 bits per heavy atom. The van der Waals surface area contributed by atoms with Crippen LogP contribution in [0.25, 0.3) is 0 Å². The molecule has 0 aliphatic carbocycles. The van der Waals surface area contributed by atoms with E-state index in [0.29, 0.717) is 0 Å². The first kappa shape index (κ1) is 6.99. The van der Waals surface area contributed by atoms with Crippen LogP contribution in [0.4, 0.5) is 0 Å². The Balaban J connectivity index is 1.98. The van der Waals surface area contributed by atoms with Crippen LogP contribution in [0.15, 0.2) is 0 Å². The van der Waals surface area contributed by atoms with Gasteiger partial charge in [-0.05, 0) is 25.7 Å². The molecule has 2 bridgehead atoms. The third-order valence-corrected chi connectivity index (χ3v) is 4.13. The number of thioether (sulfide) groups is 1. The molecule has 2 heteroatoms. The van der Waals surface area contributed by atoms with E-state index in [1.165, 1.54) is 19.3 Å². The molecule has 0 amide bonds. The highest BCUT2D eigenvalue weighted by Crippen LogP contribution is 2.41. The Labute approximate surface area is 66.2 Å². The van der Waals surface area contributed by atoms with E-state index < -0.39 is 0 Å². The lowest BCUT2D eigenvalue weighted by Crippen LogP contribution is -2.31. The van der Waals surface area contributed by atoms with Crippen LogP contribution in [0.1, 0.15) is 32.1 Å². The number of hydrogen-bond acceptors (Lipinski definition) is 2. The summed E-state index contributed by atoms with van der Waals surface area (Å²) in [6, 6.07) is 0. The molecule has 2 aliphatic heterocycles. The highest BCUT2D eigenvalue weighted by Gasteiger charge is 2.30. The van der Waals surface area contributed by atoms with E-state index >= 15 is 0 Å². The number of aliphatic hydroxyl groups is 1. The standard InChI is InChI=1S/C8H14OS/c9-6-4-7-2-1-3-8(5-6)10-7/h6-9H,1-5H2. The van der Waals surface area contributed by atoms with Crippen molar-refractivity contribution in [1.82, 2.24) is 0 Å². The van der Waals surface area contributed by atoms with E-state index in [0.717, 1.165) is 23.3 Å². The maximum absolute atomic E-state index is 9.40. The molecule has 2 heterocycles. The molecule has 2 fully saturated rings. The van der Waals surface area contributed by atoms with Crippen LogP contribution in [0.5, 0.6) is 0 Å². The molecule has 1 N–H and O–H groups in total. The summed E-state index contributed by atoms with van der Waals surface area (Å²) < 4.78 is 0. The first-order valence-electron chi connectivity index (χ1n) is 4.18. The van der Waals surface area contributed by atoms with E-state index in [1.54, 1.807) is 0 Å². The minimum Gasteiger partial charge on any atom is -0.393 e. The quantitative estimate of drug-likeness (QED) is 0.580. The summed E-state index contributed by atoms with van der Waals surface area (Å²) >= 11 is 2.12. The van der Waals surface area contributed by atoms with Crippen molar-refractivity contribution in [3.8, 4) is 0 Å². The van der Waals surface area contributed by atoms with Crippen molar-refractivity contribution in [2.24, 2.45) is 0 Å². The van der Waals surface area contributed by atoms with Gasteiger partial charge in [0.25, 0.3) is 0 Å². The first-order valence-corrected chi connectivity index (χ1v) is 5.12. The molecular weight excluding hydrogens is 144 g/mol. The third kappa shape index (κ3) is 1.32. The Morgan fingerprint density at radius 3 is 2.30 bits per heavy atom. The Bertz CT molecular complexity index is 110. The van der Waals surface area contributed by atoms with Crippen molar-refractivity contribution in [2.75, 3.05) is 0 Å². The first-order chi connectivity index (χ1) is 4.84. The van der Waals surface area contributed by atoms with Gasteiger partial charge in [-0.3, -0.25) is 0 Å². The Kier molecular flexibility index (Phi) is 1.92. The van der Waals surface area contributed by atoms with E-state index in [-0.39, 0.29) is 6.10 Å². The van der Waals surface area contributed by atoms with Crippen LogP contribution < -0.4 is 0 Å². The topological polar surface area (TPSA) is 20.2 Å². The number of aliphatic hydroxyl groups excluding tert-OH is 1. The molecule has 2 unspecified atom stereocenters. The Morgan fingerprint density at radius 2 is 1.70 bits per heavy atom. The summed E-state index contributed by atoms with van der Waals surface area (Å²) in [4.78, 5) is 0. The largest absolute Gasteiger partial charge is 0.393 e. The normalized spacial score (nSPS) is 47.1. The van der Waals surface area contributed by atoms with Crippen molar-refractivity contribution in [1.29, 1.82) is 0 Å². The zero-order valence-electron chi connectivity index (χ0n) is 6.12. The summed E-state index contributed by atoms with van der Waals surface area (Å²) in [5.74, 6) is 0. The summed E-state index contributed by atoms with van der Waals surface area (Å²) in [5.41, 5.74) is 0. The van der Waals surface area contributed by atoms with E-state index in [4.69, 9.17) is 0 Å². The molecule has 0 radical (unpaired) electrons. The van der Waals surface area contributed by atoms with Gasteiger partial charge in [-0.25, -0.2) is 0 Å². The SMILES string of the molecule is OC1CC2CCCC(C1)S2. The predicted octanol–water partition coefficient (Wildman–Crippen LogP) is 1.80. The Hall–Kier alpha value is 0.310. The van der Waals surface area contributed by atoms with Crippen LogP contribution in [0.3, 0.4) is 0 Å². The lowest BCUT2D eigenvalue weighted by molar-refractivity contribution is 0.139. The van der Waals surface area contributed by atoms with Crippen molar-refractivity contribution >= 4 is 11.8 Å². The zero-order valence-corrected chi connectivity index (χ0v) is 6.94. The molecule has 2 rings (SSSR count). The lowest BCUT2D eigenvalue weighted by Gasteiger charge is -2.36. The van der Waals surface area contributed by atoms with Gasteiger partial charge in [0, 0.05) is 10.5 Å². The van der Waals surface area contributed by atoms with Gasteiger partial charge in [0.15, 0.2) is 0 Å². The minimum absolute atomic E-state index is 0.0246. The second-order valence-corrected chi connectivity index (χ2v) is 5.04. The van der Waals surface area contributed by atoms with Gasteiger partial charge < -0.3 is 5.11 Å². The molecule has 0 aromatic rings. The highest BCUT2D eigenvalue weighted by molar-refractivity contribution is 8.00. The molecule has 0 aromatic heterocycles. The van der Waals surface area contributed by atoms with Gasteiger partial charge >= 0.3 is 0 Å². The van der Waals surface area contributed by atoms with Crippen LogP contribution in [-0.4, -0.2) is 21.7 Å². The monoisotopic (exact) mass is 158 g/mol. The number of fused-ring (bicyclic) bond motifs is 2. The fourth-order valence-electron chi connectivity index (χ4n) is 2.03. The van der Waals surface area contributed by atoms with Gasteiger partial charge in [0.1, 0.15) is 0 Å². The fraction of sp³-hybridized carbons (Fsp3) is 1.00. The second kappa shape index (κ2) is 2.74. The van der Waals surface area contributed by atoms with Crippen molar-refractivity contribution in [2.45, 2.75) is 48.7 Å². The molecule has 2 aliphatic rings. The maximum Gasteiger partial charge on any atom is 0.0561 e. The minimum atomic E-state index is 0.0246. The van der Waals surface area contributed by atoms with Crippen LogP contribution in [0.2, 0.25) is 0 Å². The van der Waals surface area contributed by atoms with Gasteiger partial charge in [-0.15, -0.1) is 0 Å². The number of hydrogen-bond donors (Lipinski definition) is 1. The summed E-state index contributed by atoms with van der Waals surface area (Å²) in [6.45, 7) is 0. The molecule has 2 atom stereocenters. The van der Waals surface area contributed by atoms with E-state index in [1.807, 2.05) is 0 Å². The average Bonchev–Trinajstić information content (AvgIpc) is 1.85. The van der Waals surface area contributed by atoms with Gasteiger partial charge in [-0.2, -0.15) is 11.8 Å². The van der Waals surface area contributed by atoms with Crippen molar-refractivity contribution in [3.05, 3.63) is 0 Å². The van der Waals surface area contributed by atoms with Gasteiger partial charge in [-0.1, -0.05) is 6.42 Å². The molecule has 0 aromatic carbocycles. The van der Waals surface area contributed by atoms with E-state index in [2.05, 4.69) is 11.8 Å². The smallest absolute Gasteiger partial charge is 0.0561 e. The summed E-state index contributed by atoms with van der Waals surface area (Å²) in [7, 11) is 0. The second-order valence-electron chi connectivity index (χ2n) is 3.44. The van der Waals surface area contributed by atoms with Gasteiger partial charge in [0.05, 0.1) is 6.10 Å². The molecule has 58 valence electrons. The van der Waals surface area contributed by atoms with Gasteiger partial charge in [0.2, 0.25) is 0 Å². The van der Waals surface area contributed by atoms with E-state index in [9.17, 15) is 5.11 Å². The number of rotatable bonds is 0. The molecule has 0 saturated carbocycles. The molecule has 1 nitrogen and oxygen atoms in total. The predicted molar refractivity (Wildman–Crippen MR) is 44.3 cm³/mol. The third-order valence-electron chi connectivity index (χ3n) is 2.51. The van der Waals surface area contributed by atoms with Crippen molar-refractivity contribution in [3.63, 3.8) is 0 Å². The lowest BCUT2D eigenvalue weighted by atomic mass is 9.97. The fourth-order valence-corrected chi connectivity index (χ4v) is 3.85. The van der Waals surface area contributed by atoms with Crippen LogP contribution in [-0.2, 0) is 0 Å². The van der Waals surface area contributed by atoms with Crippen LogP contribution in [0, 0.1) is 0 Å². The van der Waals surface area contributed by atoms with Crippen molar-refractivity contribution < 1.29 is 5.11 Å². The molecule has 10 heavy (non-hydrogen) atoms. The summed E-state index contributed by atoms with van der Waals surface area (Å²) in [6.07, 6.45) is 6.23. The molecule has 2 saturated heterocycles. The van der Waals surface area contributed by atoms with Crippen LogP contribution >= 0.6 is 11.8 Å². The molecule has 0 spiro atoms. The zero-order chi connectivity index (χ0) is 6.97.